The normalized spacial score (nSPS) is 11.2. The largest absolute Gasteiger partial charge is 0.493 e. The van der Waals surface area contributed by atoms with Crippen LogP contribution in [0.4, 0.5) is 5.69 Å². The van der Waals surface area contributed by atoms with Crippen LogP contribution in [0.2, 0.25) is 5.02 Å². The zero-order valence-corrected chi connectivity index (χ0v) is 16.4. The molecule has 0 saturated heterocycles. The van der Waals surface area contributed by atoms with E-state index in [9.17, 15) is 13.2 Å². The van der Waals surface area contributed by atoms with Crippen molar-refractivity contribution < 1.29 is 17.9 Å². The Hall–Kier alpha value is -2.05. The summed E-state index contributed by atoms with van der Waals surface area (Å²) in [5, 5.41) is 3.41. The number of ether oxygens (including phenoxy) is 1. The van der Waals surface area contributed by atoms with E-state index in [0.29, 0.717) is 30.2 Å². The van der Waals surface area contributed by atoms with Crippen molar-refractivity contribution in [2.24, 2.45) is 0 Å². The summed E-state index contributed by atoms with van der Waals surface area (Å²) in [5.74, 6) is 0.654. The van der Waals surface area contributed by atoms with E-state index in [0.717, 1.165) is 11.3 Å². The Morgan fingerprint density at radius 2 is 1.85 bits per heavy atom. The van der Waals surface area contributed by atoms with E-state index in [2.05, 4.69) is 5.32 Å². The molecule has 0 fully saturated rings. The first-order valence-electron chi connectivity index (χ1n) is 8.33. The van der Waals surface area contributed by atoms with Gasteiger partial charge in [-0.2, -0.15) is 0 Å². The lowest BCUT2D eigenvalue weighted by Crippen LogP contribution is -2.13. The summed E-state index contributed by atoms with van der Waals surface area (Å²) in [6, 6.07) is 11.6. The number of rotatable bonds is 8. The molecule has 7 heteroatoms. The third kappa shape index (κ3) is 5.75. The minimum absolute atomic E-state index is 0.0474. The molecule has 0 aromatic heterocycles. The smallest absolute Gasteiger partial charge is 0.224 e. The Labute approximate surface area is 159 Å². The molecule has 0 aliphatic heterocycles. The number of hydrogen-bond donors (Lipinski definition) is 1. The number of carbonyl (C=O) groups excluding carboxylic acids is 1. The van der Waals surface area contributed by atoms with E-state index in [4.69, 9.17) is 16.3 Å². The predicted octanol–water partition coefficient (Wildman–Crippen LogP) is 4.24. The van der Waals surface area contributed by atoms with Crippen molar-refractivity contribution >= 4 is 33.0 Å². The molecule has 140 valence electrons. The SMILES string of the molecule is CCS(=O)(=O)c1ccc(NC(=O)CCCOc2ccc(Cl)cc2C)cc1. The van der Waals surface area contributed by atoms with Gasteiger partial charge in [0.2, 0.25) is 5.91 Å². The quantitative estimate of drug-likeness (QED) is 0.678. The van der Waals surface area contributed by atoms with Gasteiger partial charge in [-0.05, 0) is 61.4 Å². The number of sulfone groups is 1. The number of benzene rings is 2. The van der Waals surface area contributed by atoms with Crippen molar-refractivity contribution in [3.63, 3.8) is 0 Å². The van der Waals surface area contributed by atoms with Crippen molar-refractivity contribution in [2.75, 3.05) is 17.7 Å². The van der Waals surface area contributed by atoms with E-state index in [1.807, 2.05) is 19.1 Å². The van der Waals surface area contributed by atoms with Crippen LogP contribution in [-0.2, 0) is 14.6 Å². The number of carbonyl (C=O) groups is 1. The molecular formula is C19H22ClNO4S. The molecule has 0 aliphatic carbocycles. The zero-order valence-electron chi connectivity index (χ0n) is 14.8. The predicted molar refractivity (Wildman–Crippen MR) is 104 cm³/mol. The fourth-order valence-electron chi connectivity index (χ4n) is 2.33. The molecule has 0 saturated carbocycles. The highest BCUT2D eigenvalue weighted by molar-refractivity contribution is 7.91. The summed E-state index contributed by atoms with van der Waals surface area (Å²) < 4.78 is 29.2. The van der Waals surface area contributed by atoms with E-state index in [1.165, 1.54) is 12.1 Å². The van der Waals surface area contributed by atoms with Gasteiger partial charge in [0.25, 0.3) is 0 Å². The summed E-state index contributed by atoms with van der Waals surface area (Å²) >= 11 is 5.90. The molecule has 1 amide bonds. The molecule has 2 rings (SSSR count). The number of hydrogen-bond acceptors (Lipinski definition) is 4. The van der Waals surface area contributed by atoms with Crippen molar-refractivity contribution in [1.29, 1.82) is 0 Å². The molecule has 0 atom stereocenters. The third-order valence-electron chi connectivity index (χ3n) is 3.82. The summed E-state index contributed by atoms with van der Waals surface area (Å²) in [5.41, 5.74) is 1.52. The molecule has 0 unspecified atom stereocenters. The van der Waals surface area contributed by atoms with Gasteiger partial charge in [0.15, 0.2) is 9.84 Å². The average Bonchev–Trinajstić information content (AvgIpc) is 2.60. The fraction of sp³-hybridized carbons (Fsp3) is 0.316. The van der Waals surface area contributed by atoms with Crippen LogP contribution in [0, 0.1) is 6.92 Å². The van der Waals surface area contributed by atoms with Crippen molar-refractivity contribution in [2.45, 2.75) is 31.6 Å². The molecule has 26 heavy (non-hydrogen) atoms. The first kappa shape index (κ1) is 20.3. The Morgan fingerprint density at radius 3 is 2.46 bits per heavy atom. The second-order valence-electron chi connectivity index (χ2n) is 5.84. The lowest BCUT2D eigenvalue weighted by Gasteiger charge is -2.10. The number of amides is 1. The lowest BCUT2D eigenvalue weighted by molar-refractivity contribution is -0.116. The van der Waals surface area contributed by atoms with E-state index < -0.39 is 9.84 Å². The van der Waals surface area contributed by atoms with Crippen molar-refractivity contribution in [1.82, 2.24) is 0 Å². The Balaban J connectivity index is 1.78. The van der Waals surface area contributed by atoms with Crippen LogP contribution in [0.3, 0.4) is 0 Å². The third-order valence-corrected chi connectivity index (χ3v) is 5.81. The van der Waals surface area contributed by atoms with Crippen LogP contribution in [0.1, 0.15) is 25.3 Å². The van der Waals surface area contributed by atoms with Crippen molar-refractivity contribution in [3.05, 3.63) is 53.1 Å². The molecule has 0 bridgehead atoms. The second kappa shape index (κ2) is 9.05. The fourth-order valence-corrected chi connectivity index (χ4v) is 3.44. The van der Waals surface area contributed by atoms with Gasteiger partial charge in [-0.3, -0.25) is 4.79 Å². The summed E-state index contributed by atoms with van der Waals surface area (Å²) in [6.07, 6.45) is 0.873. The minimum atomic E-state index is -3.23. The lowest BCUT2D eigenvalue weighted by atomic mass is 10.2. The van der Waals surface area contributed by atoms with Gasteiger partial charge in [0.05, 0.1) is 17.3 Å². The molecule has 0 spiro atoms. The molecule has 0 heterocycles. The number of halogens is 1. The van der Waals surface area contributed by atoms with Gasteiger partial charge < -0.3 is 10.1 Å². The molecule has 5 nitrogen and oxygen atoms in total. The van der Waals surface area contributed by atoms with Crippen LogP contribution >= 0.6 is 11.6 Å². The van der Waals surface area contributed by atoms with Crippen LogP contribution in [-0.4, -0.2) is 26.7 Å². The zero-order chi connectivity index (χ0) is 19.2. The minimum Gasteiger partial charge on any atom is -0.493 e. The average molecular weight is 396 g/mol. The molecule has 1 N–H and O–H groups in total. The Morgan fingerprint density at radius 1 is 1.15 bits per heavy atom. The molecule has 2 aromatic carbocycles. The summed E-state index contributed by atoms with van der Waals surface area (Å²) in [4.78, 5) is 12.2. The van der Waals surface area contributed by atoms with E-state index in [1.54, 1.807) is 25.1 Å². The number of anilines is 1. The van der Waals surface area contributed by atoms with Crippen LogP contribution in [0.25, 0.3) is 0 Å². The highest BCUT2D eigenvalue weighted by atomic mass is 35.5. The van der Waals surface area contributed by atoms with Crippen molar-refractivity contribution in [3.8, 4) is 5.75 Å². The maximum absolute atomic E-state index is 12.0. The molecule has 0 aliphatic rings. The topological polar surface area (TPSA) is 72.5 Å². The van der Waals surface area contributed by atoms with Gasteiger partial charge in [-0.25, -0.2) is 8.42 Å². The van der Waals surface area contributed by atoms with Crippen LogP contribution in [0.15, 0.2) is 47.4 Å². The van der Waals surface area contributed by atoms with Gasteiger partial charge >= 0.3 is 0 Å². The molecule has 0 radical (unpaired) electrons. The van der Waals surface area contributed by atoms with E-state index in [-0.39, 0.29) is 16.6 Å². The van der Waals surface area contributed by atoms with E-state index >= 15 is 0 Å². The summed E-state index contributed by atoms with van der Waals surface area (Å²) in [6.45, 7) is 3.93. The van der Waals surface area contributed by atoms with Gasteiger partial charge in [0, 0.05) is 17.1 Å². The van der Waals surface area contributed by atoms with Crippen LogP contribution < -0.4 is 10.1 Å². The Bertz CT molecular complexity index is 864. The molecular weight excluding hydrogens is 374 g/mol. The van der Waals surface area contributed by atoms with Gasteiger partial charge in [-0.1, -0.05) is 18.5 Å². The monoisotopic (exact) mass is 395 g/mol. The molecule has 2 aromatic rings. The van der Waals surface area contributed by atoms with Gasteiger partial charge in [0.1, 0.15) is 5.75 Å². The van der Waals surface area contributed by atoms with Gasteiger partial charge in [-0.15, -0.1) is 0 Å². The standard InChI is InChI=1S/C19H22ClNO4S/c1-3-26(23,24)17-9-7-16(8-10-17)21-19(22)5-4-12-25-18-11-6-15(20)13-14(18)2/h6-11,13H,3-5,12H2,1-2H3,(H,21,22). The Kier molecular flexibility index (Phi) is 7.06. The van der Waals surface area contributed by atoms with Crippen LogP contribution in [0.5, 0.6) is 5.75 Å². The first-order valence-corrected chi connectivity index (χ1v) is 10.4. The maximum Gasteiger partial charge on any atom is 0.224 e. The number of aryl methyl sites for hydroxylation is 1. The second-order valence-corrected chi connectivity index (χ2v) is 8.55. The highest BCUT2D eigenvalue weighted by Crippen LogP contribution is 2.22. The first-order chi connectivity index (χ1) is 12.3. The number of nitrogens with one attached hydrogen (secondary N) is 1. The maximum atomic E-state index is 12.0. The highest BCUT2D eigenvalue weighted by Gasteiger charge is 2.11. The summed E-state index contributed by atoms with van der Waals surface area (Å²) in [7, 11) is -3.23.